The monoisotopic (exact) mass is 453 g/mol. The van der Waals surface area contributed by atoms with Crippen LogP contribution in [0.5, 0.6) is 0 Å². The van der Waals surface area contributed by atoms with Crippen molar-refractivity contribution in [2.24, 2.45) is 0 Å². The molecule has 0 aliphatic rings. The molecule has 0 fully saturated rings. The minimum absolute atomic E-state index is 0.147. The van der Waals surface area contributed by atoms with Crippen molar-refractivity contribution in [1.82, 2.24) is 16.0 Å². The fourth-order valence-corrected chi connectivity index (χ4v) is 3.09. The summed E-state index contributed by atoms with van der Waals surface area (Å²) in [5, 5.41) is 7.99. The highest BCUT2D eigenvalue weighted by molar-refractivity contribution is 9.10. The lowest BCUT2D eigenvalue weighted by Crippen LogP contribution is -2.49. The van der Waals surface area contributed by atoms with Crippen LogP contribution in [-0.4, -0.2) is 18.0 Å². The van der Waals surface area contributed by atoms with Crippen molar-refractivity contribution in [3.8, 4) is 0 Å². The molecule has 2 aromatic rings. The van der Waals surface area contributed by atoms with E-state index in [4.69, 9.17) is 0 Å². The second-order valence-electron chi connectivity index (χ2n) is 6.29. The molecule has 1 unspecified atom stereocenters. The summed E-state index contributed by atoms with van der Waals surface area (Å²) < 4.78 is 26.9. The third-order valence-electron chi connectivity index (χ3n) is 3.95. The Kier molecular flexibility index (Phi) is 8.38. The number of amides is 3. The van der Waals surface area contributed by atoms with Crippen molar-refractivity contribution >= 4 is 27.9 Å². The Morgan fingerprint density at radius 2 is 1.64 bits per heavy atom. The van der Waals surface area contributed by atoms with E-state index < -0.39 is 17.9 Å². The Bertz CT molecular complexity index is 795. The largest absolute Gasteiger partial charge is 0.350 e. The zero-order valence-electron chi connectivity index (χ0n) is 15.4. The van der Waals surface area contributed by atoms with Gasteiger partial charge in [-0.3, -0.25) is 4.79 Å². The van der Waals surface area contributed by atoms with E-state index in [1.54, 1.807) is 18.2 Å². The van der Waals surface area contributed by atoms with E-state index in [2.05, 4.69) is 31.9 Å². The average Bonchev–Trinajstić information content (AvgIpc) is 2.64. The lowest BCUT2D eigenvalue weighted by atomic mass is 10.1. The summed E-state index contributed by atoms with van der Waals surface area (Å²) in [6.45, 7) is 2.26. The van der Waals surface area contributed by atoms with Crippen LogP contribution in [-0.2, 0) is 17.9 Å². The Hall–Kier alpha value is -2.48. The average molecular weight is 454 g/mol. The molecule has 0 aromatic heterocycles. The van der Waals surface area contributed by atoms with Crippen molar-refractivity contribution in [2.45, 2.75) is 38.9 Å². The third-order valence-corrected chi connectivity index (χ3v) is 4.41. The van der Waals surface area contributed by atoms with Crippen molar-refractivity contribution < 1.29 is 18.4 Å². The maximum Gasteiger partial charge on any atom is 0.315 e. The molecule has 0 aliphatic heterocycles. The molecule has 0 spiro atoms. The summed E-state index contributed by atoms with van der Waals surface area (Å²) in [7, 11) is 0. The molecule has 1 atom stereocenters. The topological polar surface area (TPSA) is 70.2 Å². The Morgan fingerprint density at radius 3 is 2.29 bits per heavy atom. The molecule has 5 nitrogen and oxygen atoms in total. The van der Waals surface area contributed by atoms with Gasteiger partial charge in [0.25, 0.3) is 0 Å². The van der Waals surface area contributed by atoms with E-state index in [-0.39, 0.29) is 24.8 Å². The van der Waals surface area contributed by atoms with Crippen molar-refractivity contribution in [1.29, 1.82) is 0 Å². The van der Waals surface area contributed by atoms with Crippen LogP contribution >= 0.6 is 15.9 Å². The molecule has 2 aromatic carbocycles. The zero-order valence-corrected chi connectivity index (χ0v) is 17.0. The van der Waals surface area contributed by atoms with Gasteiger partial charge in [-0.1, -0.05) is 41.4 Å². The van der Waals surface area contributed by atoms with E-state index in [0.717, 1.165) is 5.56 Å². The highest BCUT2D eigenvalue weighted by atomic mass is 79.9. The first-order valence-corrected chi connectivity index (χ1v) is 9.68. The first kappa shape index (κ1) is 21.8. The van der Waals surface area contributed by atoms with Crippen molar-refractivity contribution in [2.75, 3.05) is 0 Å². The van der Waals surface area contributed by atoms with Gasteiger partial charge in [0.05, 0.1) is 0 Å². The smallest absolute Gasteiger partial charge is 0.315 e. The number of benzene rings is 2. The Balaban J connectivity index is 1.86. The molecule has 0 saturated heterocycles. The molecule has 0 bridgehead atoms. The van der Waals surface area contributed by atoms with Gasteiger partial charge in [0, 0.05) is 17.6 Å². The van der Waals surface area contributed by atoms with Gasteiger partial charge in [0.2, 0.25) is 5.91 Å². The van der Waals surface area contributed by atoms with Crippen LogP contribution in [0, 0.1) is 11.6 Å². The summed E-state index contributed by atoms with van der Waals surface area (Å²) in [5.74, 6) is -1.10. The second-order valence-corrected chi connectivity index (χ2v) is 7.21. The first-order chi connectivity index (χ1) is 13.4. The zero-order chi connectivity index (χ0) is 20.5. The summed E-state index contributed by atoms with van der Waals surface area (Å²) in [6, 6.07) is 8.94. The van der Waals surface area contributed by atoms with E-state index in [9.17, 15) is 18.4 Å². The lowest BCUT2D eigenvalue weighted by Gasteiger charge is -2.18. The lowest BCUT2D eigenvalue weighted by molar-refractivity contribution is -0.123. The molecular formula is C20H22BrF2N3O2. The molecule has 2 rings (SSSR count). The highest BCUT2D eigenvalue weighted by Gasteiger charge is 2.19. The molecule has 0 saturated carbocycles. The highest BCUT2D eigenvalue weighted by Crippen LogP contribution is 2.14. The molecule has 0 radical (unpaired) electrons. The standard InChI is InChI=1S/C20H22BrF2N3O2/c1-2-3-18(19(27)24-12-14-8-15(21)10-17(23)9-14)26-20(28)25-11-13-4-6-16(22)7-5-13/h4-10,18H,2-3,11-12H2,1H3,(H,24,27)(H2,25,26,28). The molecule has 3 N–H and O–H groups in total. The van der Waals surface area contributed by atoms with Crippen LogP contribution in [0.25, 0.3) is 0 Å². The van der Waals surface area contributed by atoms with Gasteiger partial charge < -0.3 is 16.0 Å². The van der Waals surface area contributed by atoms with Gasteiger partial charge in [-0.2, -0.15) is 0 Å². The summed E-state index contributed by atoms with van der Waals surface area (Å²) in [6.07, 6.45) is 1.16. The number of carbonyl (C=O) groups is 2. The van der Waals surface area contributed by atoms with Gasteiger partial charge in [0.15, 0.2) is 0 Å². The van der Waals surface area contributed by atoms with Crippen LogP contribution in [0.1, 0.15) is 30.9 Å². The molecule has 28 heavy (non-hydrogen) atoms. The van der Waals surface area contributed by atoms with Crippen molar-refractivity contribution in [3.05, 3.63) is 69.7 Å². The van der Waals surface area contributed by atoms with E-state index in [0.29, 0.717) is 22.9 Å². The predicted molar refractivity (Wildman–Crippen MR) is 106 cm³/mol. The van der Waals surface area contributed by atoms with E-state index in [1.165, 1.54) is 24.3 Å². The number of nitrogens with one attached hydrogen (secondary N) is 3. The summed E-state index contributed by atoms with van der Waals surface area (Å²) in [4.78, 5) is 24.5. The number of rotatable bonds is 8. The van der Waals surface area contributed by atoms with Gasteiger partial charge in [-0.05, 0) is 47.9 Å². The third kappa shape index (κ3) is 7.26. The Labute approximate surface area is 171 Å². The SMILES string of the molecule is CCCC(NC(=O)NCc1ccc(F)cc1)C(=O)NCc1cc(F)cc(Br)c1. The Morgan fingerprint density at radius 1 is 0.964 bits per heavy atom. The van der Waals surface area contributed by atoms with Gasteiger partial charge in [-0.15, -0.1) is 0 Å². The number of hydrogen-bond donors (Lipinski definition) is 3. The fraction of sp³-hybridized carbons (Fsp3) is 0.300. The van der Waals surface area contributed by atoms with Crippen molar-refractivity contribution in [3.63, 3.8) is 0 Å². The maximum atomic E-state index is 13.4. The maximum absolute atomic E-state index is 13.4. The summed E-state index contributed by atoms with van der Waals surface area (Å²) >= 11 is 3.21. The molecule has 8 heteroatoms. The quantitative estimate of drug-likeness (QED) is 0.564. The van der Waals surface area contributed by atoms with Crippen LogP contribution in [0.4, 0.5) is 13.6 Å². The second kappa shape index (κ2) is 10.8. The van der Waals surface area contributed by atoms with E-state index >= 15 is 0 Å². The van der Waals surface area contributed by atoms with Crippen LogP contribution < -0.4 is 16.0 Å². The molecule has 0 aliphatic carbocycles. The first-order valence-electron chi connectivity index (χ1n) is 8.89. The molecule has 3 amide bonds. The molecule has 0 heterocycles. The molecular weight excluding hydrogens is 432 g/mol. The number of carbonyl (C=O) groups excluding carboxylic acids is 2. The fourth-order valence-electron chi connectivity index (χ4n) is 2.58. The minimum Gasteiger partial charge on any atom is -0.350 e. The van der Waals surface area contributed by atoms with E-state index in [1.807, 2.05) is 6.92 Å². The van der Waals surface area contributed by atoms with Crippen LogP contribution in [0.3, 0.4) is 0 Å². The van der Waals surface area contributed by atoms with Gasteiger partial charge in [-0.25, -0.2) is 13.6 Å². The number of urea groups is 1. The van der Waals surface area contributed by atoms with Gasteiger partial charge >= 0.3 is 6.03 Å². The number of hydrogen-bond acceptors (Lipinski definition) is 2. The minimum atomic E-state index is -0.713. The number of halogens is 3. The van der Waals surface area contributed by atoms with Gasteiger partial charge in [0.1, 0.15) is 17.7 Å². The summed E-state index contributed by atoms with van der Waals surface area (Å²) in [5.41, 5.74) is 1.35. The molecule has 150 valence electrons. The normalized spacial score (nSPS) is 11.6. The van der Waals surface area contributed by atoms with Crippen LogP contribution in [0.15, 0.2) is 46.9 Å². The predicted octanol–water partition coefficient (Wildman–Crippen LogP) is 4.01. The van der Waals surface area contributed by atoms with Crippen LogP contribution in [0.2, 0.25) is 0 Å².